The summed E-state index contributed by atoms with van der Waals surface area (Å²) in [7, 11) is 0. The zero-order chi connectivity index (χ0) is 20.8. The predicted molar refractivity (Wildman–Crippen MR) is 109 cm³/mol. The lowest BCUT2D eigenvalue weighted by Crippen LogP contribution is -2.36. The highest BCUT2D eigenvalue weighted by Gasteiger charge is 2.11. The van der Waals surface area contributed by atoms with Crippen LogP contribution >= 0.6 is 0 Å². The summed E-state index contributed by atoms with van der Waals surface area (Å²) in [5.41, 5.74) is 0.562. The molecule has 8 heteroatoms. The molecule has 150 valence electrons. The average Bonchev–Trinajstić information content (AvgIpc) is 2.71. The molecule has 0 aliphatic rings. The number of aromatic nitrogens is 2. The number of rotatable bonds is 7. The van der Waals surface area contributed by atoms with Gasteiger partial charge in [-0.2, -0.15) is 0 Å². The van der Waals surface area contributed by atoms with Crippen LogP contribution in [0.4, 0.5) is 0 Å². The van der Waals surface area contributed by atoms with E-state index in [1.54, 1.807) is 48.5 Å². The van der Waals surface area contributed by atoms with Gasteiger partial charge in [0.05, 0.1) is 17.0 Å². The second-order valence-corrected chi connectivity index (χ2v) is 6.63. The summed E-state index contributed by atoms with van der Waals surface area (Å²) in [5.74, 6) is -0.147. The Morgan fingerprint density at radius 3 is 2.34 bits per heavy atom. The van der Waals surface area contributed by atoms with E-state index in [2.05, 4.69) is 20.6 Å². The number of ether oxygens (including phenoxy) is 1. The number of hydrogen-bond acceptors (Lipinski definition) is 5. The van der Waals surface area contributed by atoms with Gasteiger partial charge in [0.15, 0.2) is 5.82 Å². The van der Waals surface area contributed by atoms with Crippen molar-refractivity contribution in [3.8, 4) is 5.75 Å². The molecule has 0 radical (unpaired) electrons. The van der Waals surface area contributed by atoms with E-state index < -0.39 is 5.91 Å². The molecule has 3 N–H and O–H groups in total. The first-order valence-corrected chi connectivity index (χ1v) is 9.26. The number of benzene rings is 2. The third-order valence-corrected chi connectivity index (χ3v) is 4.01. The van der Waals surface area contributed by atoms with Crippen LogP contribution in [0.15, 0.2) is 53.3 Å². The third-order valence-electron chi connectivity index (χ3n) is 4.01. The van der Waals surface area contributed by atoms with Crippen LogP contribution in [0.5, 0.6) is 5.75 Å². The van der Waals surface area contributed by atoms with Crippen molar-refractivity contribution in [2.75, 3.05) is 13.1 Å². The lowest BCUT2D eigenvalue weighted by atomic mass is 10.2. The molecular weight excluding hydrogens is 372 g/mol. The van der Waals surface area contributed by atoms with E-state index in [1.807, 2.05) is 13.8 Å². The number of H-pyrrole nitrogens is 1. The molecule has 1 heterocycles. The summed E-state index contributed by atoms with van der Waals surface area (Å²) in [6, 6.07) is 13.6. The fraction of sp³-hybridized carbons (Fsp3) is 0.238. The number of nitrogens with one attached hydrogen (secondary N) is 3. The Morgan fingerprint density at radius 2 is 1.66 bits per heavy atom. The first-order valence-electron chi connectivity index (χ1n) is 9.26. The van der Waals surface area contributed by atoms with Crippen molar-refractivity contribution < 1.29 is 14.3 Å². The van der Waals surface area contributed by atoms with Crippen molar-refractivity contribution in [1.29, 1.82) is 0 Å². The molecule has 0 saturated carbocycles. The van der Waals surface area contributed by atoms with E-state index in [0.29, 0.717) is 22.2 Å². The fourth-order valence-corrected chi connectivity index (χ4v) is 2.69. The van der Waals surface area contributed by atoms with Crippen molar-refractivity contribution >= 4 is 22.7 Å². The van der Waals surface area contributed by atoms with E-state index >= 15 is 0 Å². The van der Waals surface area contributed by atoms with Crippen molar-refractivity contribution in [2.24, 2.45) is 0 Å². The van der Waals surface area contributed by atoms with Gasteiger partial charge in [-0.25, -0.2) is 4.98 Å². The Labute approximate surface area is 167 Å². The Morgan fingerprint density at radius 1 is 1.00 bits per heavy atom. The molecule has 0 atom stereocenters. The summed E-state index contributed by atoms with van der Waals surface area (Å²) in [5, 5.41) is 5.76. The second kappa shape index (κ2) is 9.01. The minimum absolute atomic E-state index is 0.0605. The van der Waals surface area contributed by atoms with Crippen LogP contribution in [-0.2, 0) is 0 Å². The van der Waals surface area contributed by atoms with Gasteiger partial charge < -0.3 is 20.4 Å². The monoisotopic (exact) mass is 394 g/mol. The van der Waals surface area contributed by atoms with Gasteiger partial charge in [-0.15, -0.1) is 0 Å². The Balaban J connectivity index is 1.50. The average molecular weight is 394 g/mol. The summed E-state index contributed by atoms with van der Waals surface area (Å²) in [6.07, 6.45) is 0.0605. The Kier molecular flexibility index (Phi) is 6.23. The highest BCUT2D eigenvalue weighted by atomic mass is 16.5. The molecular formula is C21H22N4O4. The van der Waals surface area contributed by atoms with Gasteiger partial charge in [-0.05, 0) is 50.2 Å². The van der Waals surface area contributed by atoms with Crippen LogP contribution < -0.4 is 20.9 Å². The lowest BCUT2D eigenvalue weighted by molar-refractivity contribution is 0.0922. The molecule has 29 heavy (non-hydrogen) atoms. The molecule has 0 saturated heterocycles. The number of carbonyl (C=O) groups excluding carboxylic acids is 2. The van der Waals surface area contributed by atoms with Crippen LogP contribution in [-0.4, -0.2) is 41.0 Å². The highest BCUT2D eigenvalue weighted by Crippen LogP contribution is 2.13. The lowest BCUT2D eigenvalue weighted by Gasteiger charge is -2.10. The van der Waals surface area contributed by atoms with Gasteiger partial charge in [-0.1, -0.05) is 12.1 Å². The smallest absolute Gasteiger partial charge is 0.287 e. The summed E-state index contributed by atoms with van der Waals surface area (Å²) < 4.78 is 5.54. The van der Waals surface area contributed by atoms with Crippen LogP contribution in [0.1, 0.15) is 34.8 Å². The fourth-order valence-electron chi connectivity index (χ4n) is 2.69. The molecule has 3 rings (SSSR count). The SMILES string of the molecule is CC(C)Oc1ccc(C(=O)NCCNC(=O)c2nc3ccccc3c(=O)[nH]2)cc1. The largest absolute Gasteiger partial charge is 0.491 e. The number of para-hydroxylation sites is 1. The third kappa shape index (κ3) is 5.19. The quantitative estimate of drug-likeness (QED) is 0.530. The van der Waals surface area contributed by atoms with Gasteiger partial charge in [-0.3, -0.25) is 14.4 Å². The first-order chi connectivity index (χ1) is 13.9. The molecule has 1 aromatic heterocycles. The van der Waals surface area contributed by atoms with Crippen molar-refractivity contribution in [3.05, 3.63) is 70.3 Å². The standard InChI is InChI=1S/C21H22N4O4/c1-13(2)29-15-9-7-14(8-10-15)19(26)22-11-12-23-21(28)18-24-17-6-4-3-5-16(17)20(27)25-18/h3-10,13H,11-12H2,1-2H3,(H,22,26)(H,23,28)(H,24,25,27). The second-order valence-electron chi connectivity index (χ2n) is 6.63. The molecule has 3 aromatic rings. The maximum absolute atomic E-state index is 12.2. The maximum Gasteiger partial charge on any atom is 0.287 e. The molecule has 2 aromatic carbocycles. The van der Waals surface area contributed by atoms with Gasteiger partial charge in [0, 0.05) is 18.7 Å². The van der Waals surface area contributed by atoms with Crippen LogP contribution in [0.3, 0.4) is 0 Å². The topological polar surface area (TPSA) is 113 Å². The molecule has 0 aliphatic heterocycles. The van der Waals surface area contributed by atoms with Gasteiger partial charge >= 0.3 is 0 Å². The highest BCUT2D eigenvalue weighted by molar-refractivity contribution is 5.94. The molecule has 0 bridgehead atoms. The summed E-state index contributed by atoms with van der Waals surface area (Å²) in [6.45, 7) is 4.28. The van der Waals surface area contributed by atoms with E-state index in [0.717, 1.165) is 0 Å². The normalized spacial score (nSPS) is 10.7. The van der Waals surface area contributed by atoms with Gasteiger partial charge in [0.25, 0.3) is 17.4 Å². The zero-order valence-corrected chi connectivity index (χ0v) is 16.2. The predicted octanol–water partition coefficient (Wildman–Crippen LogP) is 1.87. The van der Waals surface area contributed by atoms with Crippen LogP contribution in [0.25, 0.3) is 10.9 Å². The number of carbonyl (C=O) groups is 2. The van der Waals surface area contributed by atoms with Gasteiger partial charge in [0.2, 0.25) is 0 Å². The number of hydrogen-bond donors (Lipinski definition) is 3. The van der Waals surface area contributed by atoms with Crippen LogP contribution in [0.2, 0.25) is 0 Å². The Bertz CT molecular complexity index is 1070. The minimum atomic E-state index is -0.516. The van der Waals surface area contributed by atoms with E-state index in [1.165, 1.54) is 0 Å². The first kappa shape index (κ1) is 20.1. The molecule has 0 spiro atoms. The number of nitrogens with zero attached hydrogens (tertiary/aromatic N) is 1. The number of fused-ring (bicyclic) bond motifs is 1. The molecule has 0 fully saturated rings. The number of aromatic amines is 1. The molecule has 2 amide bonds. The molecule has 0 aliphatic carbocycles. The summed E-state index contributed by atoms with van der Waals surface area (Å²) in [4.78, 5) is 43.0. The summed E-state index contributed by atoms with van der Waals surface area (Å²) >= 11 is 0. The minimum Gasteiger partial charge on any atom is -0.491 e. The molecule has 8 nitrogen and oxygen atoms in total. The van der Waals surface area contributed by atoms with Crippen molar-refractivity contribution in [2.45, 2.75) is 20.0 Å². The van der Waals surface area contributed by atoms with Gasteiger partial charge in [0.1, 0.15) is 5.75 Å². The molecule has 0 unspecified atom stereocenters. The van der Waals surface area contributed by atoms with E-state index in [9.17, 15) is 14.4 Å². The number of amides is 2. The Hall–Kier alpha value is -3.68. The van der Waals surface area contributed by atoms with E-state index in [-0.39, 0.29) is 36.5 Å². The zero-order valence-electron chi connectivity index (χ0n) is 16.2. The van der Waals surface area contributed by atoms with Crippen LogP contribution in [0, 0.1) is 0 Å². The van der Waals surface area contributed by atoms with Crippen molar-refractivity contribution in [1.82, 2.24) is 20.6 Å². The maximum atomic E-state index is 12.2. The van der Waals surface area contributed by atoms with E-state index in [4.69, 9.17) is 4.74 Å². The van der Waals surface area contributed by atoms with Crippen molar-refractivity contribution in [3.63, 3.8) is 0 Å².